The first kappa shape index (κ1) is 17.9. The van der Waals surface area contributed by atoms with E-state index in [1.807, 2.05) is 25.1 Å². The summed E-state index contributed by atoms with van der Waals surface area (Å²) in [4.78, 5) is 0. The third-order valence-electron chi connectivity index (χ3n) is 4.71. The van der Waals surface area contributed by atoms with Crippen LogP contribution in [0.3, 0.4) is 0 Å². The number of quaternary nitrogens is 1. The van der Waals surface area contributed by atoms with Gasteiger partial charge in [0, 0.05) is 16.6 Å². The molecular weight excluding hydrogens is 296 g/mol. The third kappa shape index (κ3) is 3.57. The van der Waals surface area contributed by atoms with Crippen molar-refractivity contribution in [2.75, 3.05) is 26.4 Å². The molecule has 0 aliphatic heterocycles. The van der Waals surface area contributed by atoms with Gasteiger partial charge < -0.3 is 30.3 Å². The maximum absolute atomic E-state index is 10.3. The lowest BCUT2D eigenvalue weighted by atomic mass is 10.0. The first-order valence-electron chi connectivity index (χ1n) is 7.87. The van der Waals surface area contributed by atoms with E-state index in [0.29, 0.717) is 6.54 Å². The molecule has 128 valence electrons. The Kier molecular flexibility index (Phi) is 5.78. The first-order chi connectivity index (χ1) is 11.0. The summed E-state index contributed by atoms with van der Waals surface area (Å²) in [7, 11) is 0. The normalized spacial score (nSPS) is 13.7. The fourth-order valence-electron chi connectivity index (χ4n) is 2.85. The third-order valence-corrected chi connectivity index (χ3v) is 4.71. The van der Waals surface area contributed by atoms with E-state index in [4.69, 9.17) is 0 Å². The number of nitrogens with zero attached hydrogens (tertiary/aromatic N) is 1. The Labute approximate surface area is 136 Å². The van der Waals surface area contributed by atoms with E-state index in [9.17, 15) is 20.4 Å². The van der Waals surface area contributed by atoms with Gasteiger partial charge in [-0.25, -0.2) is 0 Å². The molecule has 0 aliphatic carbocycles. The smallest absolute Gasteiger partial charge is 0.166 e. The van der Waals surface area contributed by atoms with E-state index in [2.05, 4.69) is 17.6 Å². The number of aryl methyl sites for hydroxylation is 1. The first-order valence-corrected chi connectivity index (χ1v) is 7.87. The van der Waals surface area contributed by atoms with Gasteiger partial charge >= 0.3 is 0 Å². The van der Waals surface area contributed by atoms with Crippen LogP contribution in [0.1, 0.15) is 11.3 Å². The van der Waals surface area contributed by atoms with E-state index in [-0.39, 0.29) is 26.4 Å². The summed E-state index contributed by atoms with van der Waals surface area (Å²) in [5.74, 6) is 0. The van der Waals surface area contributed by atoms with Gasteiger partial charge in [-0.3, -0.25) is 0 Å². The van der Waals surface area contributed by atoms with Crippen molar-refractivity contribution in [3.05, 3.63) is 35.5 Å². The van der Waals surface area contributed by atoms with Gasteiger partial charge in [0.1, 0.15) is 32.5 Å². The average Bonchev–Trinajstić information content (AvgIpc) is 2.82. The van der Waals surface area contributed by atoms with Crippen LogP contribution in [0.4, 0.5) is 0 Å². The largest absolute Gasteiger partial charge is 0.390 e. The van der Waals surface area contributed by atoms with Gasteiger partial charge in [0.05, 0.1) is 6.54 Å². The molecule has 6 N–H and O–H groups in total. The Morgan fingerprint density at radius 2 is 1.70 bits per heavy atom. The molecule has 0 bridgehead atoms. The Morgan fingerprint density at radius 1 is 1.09 bits per heavy atom. The van der Waals surface area contributed by atoms with Crippen LogP contribution in [0.15, 0.2) is 24.3 Å². The Hall–Kier alpha value is -1.44. The highest BCUT2D eigenvalue weighted by atomic mass is 16.3. The predicted molar refractivity (Wildman–Crippen MR) is 88.2 cm³/mol. The molecule has 6 nitrogen and oxygen atoms in total. The van der Waals surface area contributed by atoms with Gasteiger partial charge in [0.25, 0.3) is 0 Å². The second kappa shape index (κ2) is 7.42. The zero-order chi connectivity index (χ0) is 17.0. The number of hydrogen-bond donors (Lipinski definition) is 5. The number of aliphatic hydroxyl groups is 4. The van der Waals surface area contributed by atoms with Gasteiger partial charge in [-0.1, -0.05) is 18.2 Å². The van der Waals surface area contributed by atoms with Crippen molar-refractivity contribution < 1.29 is 25.7 Å². The maximum Gasteiger partial charge on any atom is 0.166 e. The molecule has 2 rings (SSSR count). The van der Waals surface area contributed by atoms with E-state index < -0.39 is 11.6 Å². The summed E-state index contributed by atoms with van der Waals surface area (Å²) in [6, 6.07) is 8.08. The van der Waals surface area contributed by atoms with Gasteiger partial charge in [0.2, 0.25) is 0 Å². The highest BCUT2D eigenvalue weighted by Gasteiger charge is 2.32. The fraction of sp³-hybridized carbons (Fsp3) is 0.529. The number of hydrogen-bond acceptors (Lipinski definition) is 4. The van der Waals surface area contributed by atoms with Crippen LogP contribution in [0.5, 0.6) is 0 Å². The number of nitrogens with two attached hydrogens (primary N) is 1. The van der Waals surface area contributed by atoms with Crippen molar-refractivity contribution >= 4 is 10.9 Å². The number of para-hydroxylation sites is 1. The Balaban J connectivity index is 2.12. The average molecular weight is 323 g/mol. The molecular formula is C17H27N2O4+. The molecule has 1 heterocycles. The van der Waals surface area contributed by atoms with Gasteiger partial charge in [-0.05, 0) is 25.5 Å². The number of benzene rings is 1. The van der Waals surface area contributed by atoms with Crippen LogP contribution in [-0.4, -0.2) is 63.0 Å². The van der Waals surface area contributed by atoms with Crippen LogP contribution in [0, 0.1) is 13.8 Å². The summed E-state index contributed by atoms with van der Waals surface area (Å²) < 4.78 is 2.09. The fourth-order valence-corrected chi connectivity index (χ4v) is 2.85. The quantitative estimate of drug-likeness (QED) is 0.425. The van der Waals surface area contributed by atoms with Crippen LogP contribution < -0.4 is 5.32 Å². The zero-order valence-corrected chi connectivity index (χ0v) is 13.7. The molecule has 1 unspecified atom stereocenters. The SMILES string of the molecule is Cc1c(C)n(CC(O)C[NH2+]C(CO)(CO)CO)c2ccccc12. The summed E-state index contributed by atoms with van der Waals surface area (Å²) in [5.41, 5.74) is 2.35. The summed E-state index contributed by atoms with van der Waals surface area (Å²) in [6.07, 6.45) is -0.659. The molecule has 0 aliphatic rings. The summed E-state index contributed by atoms with van der Waals surface area (Å²) >= 11 is 0. The minimum atomic E-state index is -1.05. The Bertz CT molecular complexity index is 641. The van der Waals surface area contributed by atoms with Crippen LogP contribution in [0.2, 0.25) is 0 Å². The lowest BCUT2D eigenvalue weighted by Gasteiger charge is -2.26. The number of rotatable bonds is 8. The van der Waals surface area contributed by atoms with Crippen LogP contribution >= 0.6 is 0 Å². The van der Waals surface area contributed by atoms with Crippen molar-refractivity contribution in [2.24, 2.45) is 0 Å². The van der Waals surface area contributed by atoms with E-state index in [1.54, 1.807) is 5.32 Å². The molecule has 1 aromatic carbocycles. The van der Waals surface area contributed by atoms with E-state index in [0.717, 1.165) is 11.2 Å². The monoisotopic (exact) mass is 323 g/mol. The van der Waals surface area contributed by atoms with Crippen LogP contribution in [-0.2, 0) is 6.54 Å². The lowest BCUT2D eigenvalue weighted by molar-refractivity contribution is -0.737. The maximum atomic E-state index is 10.3. The number of aromatic nitrogens is 1. The Morgan fingerprint density at radius 3 is 2.30 bits per heavy atom. The standard InChI is InChI=1S/C17H26N2O4/c1-12-13(2)19(16-6-4-3-5-15(12)16)8-14(23)7-18-17(9-20,10-21)11-22/h3-6,14,18,20-23H,7-11H2,1-2H3/p+1. The molecule has 0 amide bonds. The topological polar surface area (TPSA) is 102 Å². The highest BCUT2D eigenvalue weighted by Crippen LogP contribution is 2.24. The van der Waals surface area contributed by atoms with Crippen molar-refractivity contribution in [3.63, 3.8) is 0 Å². The minimum Gasteiger partial charge on any atom is -0.390 e. The molecule has 0 radical (unpaired) electrons. The van der Waals surface area contributed by atoms with Crippen LogP contribution in [0.25, 0.3) is 10.9 Å². The molecule has 23 heavy (non-hydrogen) atoms. The van der Waals surface area contributed by atoms with E-state index in [1.165, 1.54) is 10.9 Å². The minimum absolute atomic E-state index is 0.284. The van der Waals surface area contributed by atoms with Crippen molar-refractivity contribution in [1.82, 2.24) is 4.57 Å². The molecule has 0 fully saturated rings. The highest BCUT2D eigenvalue weighted by molar-refractivity contribution is 5.85. The molecule has 0 spiro atoms. The van der Waals surface area contributed by atoms with Crippen molar-refractivity contribution in [2.45, 2.75) is 32.0 Å². The predicted octanol–water partition coefficient (Wildman–Crippen LogP) is -1.10. The molecule has 2 aromatic rings. The number of aliphatic hydroxyl groups excluding tert-OH is 4. The van der Waals surface area contributed by atoms with Gasteiger partial charge in [-0.15, -0.1) is 0 Å². The summed E-state index contributed by atoms with van der Waals surface area (Å²) in [6.45, 7) is 3.76. The second-order valence-electron chi connectivity index (χ2n) is 6.27. The molecule has 0 saturated heterocycles. The lowest BCUT2D eigenvalue weighted by Crippen LogP contribution is -3.01. The van der Waals surface area contributed by atoms with Gasteiger partial charge in [-0.2, -0.15) is 0 Å². The second-order valence-corrected chi connectivity index (χ2v) is 6.27. The summed E-state index contributed by atoms with van der Waals surface area (Å²) in [5, 5.41) is 41.1. The zero-order valence-electron chi connectivity index (χ0n) is 13.7. The van der Waals surface area contributed by atoms with E-state index >= 15 is 0 Å². The molecule has 6 heteroatoms. The number of fused-ring (bicyclic) bond motifs is 1. The van der Waals surface area contributed by atoms with Gasteiger partial charge in [0.15, 0.2) is 5.54 Å². The molecule has 0 saturated carbocycles. The molecule has 1 atom stereocenters. The molecule has 1 aromatic heterocycles. The van der Waals surface area contributed by atoms with Crippen molar-refractivity contribution in [1.29, 1.82) is 0 Å². The van der Waals surface area contributed by atoms with Crippen molar-refractivity contribution in [3.8, 4) is 0 Å².